The van der Waals surface area contributed by atoms with Gasteiger partial charge in [-0.3, -0.25) is 4.79 Å². The molecule has 176 valence electrons. The summed E-state index contributed by atoms with van der Waals surface area (Å²) in [5.41, 5.74) is 2.62. The summed E-state index contributed by atoms with van der Waals surface area (Å²) >= 11 is 1.37. The molecule has 2 aliphatic heterocycles. The number of carbonyl (C=O) groups is 1. The highest BCUT2D eigenvalue weighted by Gasteiger charge is 2.49. The molecule has 8 nitrogen and oxygen atoms in total. The van der Waals surface area contributed by atoms with E-state index in [0.717, 1.165) is 16.9 Å². The zero-order chi connectivity index (χ0) is 23.8. The van der Waals surface area contributed by atoms with E-state index in [-0.39, 0.29) is 35.1 Å². The number of thioether (sulfide) groups is 1. The summed E-state index contributed by atoms with van der Waals surface area (Å²) in [6.07, 6.45) is 0.103. The number of methoxy groups -OCH3 is 2. The van der Waals surface area contributed by atoms with Crippen LogP contribution in [0.3, 0.4) is 0 Å². The van der Waals surface area contributed by atoms with Gasteiger partial charge in [0.05, 0.1) is 38.2 Å². The lowest BCUT2D eigenvalue weighted by Gasteiger charge is -2.25. The molecule has 0 aromatic heterocycles. The molecular formula is C23H27N3O5S2. The number of carbonyl (C=O) groups excluding carboxylic acids is 1. The second-order valence-corrected chi connectivity index (χ2v) is 11.6. The van der Waals surface area contributed by atoms with Gasteiger partial charge in [-0.25, -0.2) is 8.42 Å². The van der Waals surface area contributed by atoms with Crippen LogP contribution in [-0.2, 0) is 21.1 Å². The third-order valence-electron chi connectivity index (χ3n) is 5.73. The van der Waals surface area contributed by atoms with Crippen LogP contribution >= 0.6 is 11.8 Å². The topological polar surface area (TPSA) is 88.5 Å². The van der Waals surface area contributed by atoms with Crippen LogP contribution in [0.1, 0.15) is 5.56 Å². The van der Waals surface area contributed by atoms with E-state index in [1.165, 1.54) is 11.8 Å². The largest absolute Gasteiger partial charge is 0.493 e. The van der Waals surface area contributed by atoms with E-state index in [1.54, 1.807) is 32.4 Å². The normalized spacial score (nSPS) is 22.3. The van der Waals surface area contributed by atoms with Crippen molar-refractivity contribution in [2.75, 3.05) is 49.6 Å². The predicted molar refractivity (Wildman–Crippen MR) is 133 cm³/mol. The van der Waals surface area contributed by atoms with E-state index in [1.807, 2.05) is 48.2 Å². The number of nitrogens with zero attached hydrogens (tertiary/aromatic N) is 3. The summed E-state index contributed by atoms with van der Waals surface area (Å²) in [7, 11) is 3.90. The van der Waals surface area contributed by atoms with Gasteiger partial charge in [-0.1, -0.05) is 17.8 Å². The number of amides is 1. The number of ether oxygens (including phenoxy) is 2. The minimum atomic E-state index is -3.12. The summed E-state index contributed by atoms with van der Waals surface area (Å²) in [6, 6.07) is 12.9. The van der Waals surface area contributed by atoms with Gasteiger partial charge >= 0.3 is 0 Å². The fourth-order valence-corrected chi connectivity index (χ4v) is 8.02. The molecule has 2 aliphatic rings. The van der Waals surface area contributed by atoms with Gasteiger partial charge in [0.15, 0.2) is 26.5 Å². The van der Waals surface area contributed by atoms with Gasteiger partial charge in [0.1, 0.15) is 0 Å². The van der Waals surface area contributed by atoms with Gasteiger partial charge in [0, 0.05) is 30.7 Å². The average Bonchev–Trinajstić information content (AvgIpc) is 3.24. The summed E-state index contributed by atoms with van der Waals surface area (Å²) in [5, 5.41) is 0.402. The molecule has 2 aromatic rings. The van der Waals surface area contributed by atoms with E-state index in [2.05, 4.69) is 4.99 Å². The van der Waals surface area contributed by atoms with Crippen LogP contribution in [0, 0.1) is 0 Å². The molecule has 10 heteroatoms. The number of hydrogen-bond donors (Lipinski definition) is 0. The molecule has 2 aromatic carbocycles. The first kappa shape index (κ1) is 23.4. The lowest BCUT2D eigenvalue weighted by atomic mass is 10.1. The SMILES string of the molecule is COc1ccc(CC(=O)N=C2SC3CS(=O)(=O)CC3N2c2ccc(N(C)C)cc2)cc1OC. The second kappa shape index (κ2) is 9.26. The molecule has 2 heterocycles. The van der Waals surface area contributed by atoms with Crippen LogP contribution in [0.25, 0.3) is 0 Å². The summed E-state index contributed by atoms with van der Waals surface area (Å²) < 4.78 is 35.1. The highest BCUT2D eigenvalue weighted by atomic mass is 32.2. The molecule has 0 spiro atoms. The molecule has 0 N–H and O–H groups in total. The number of anilines is 2. The number of hydrogen-bond acceptors (Lipinski definition) is 7. The molecule has 33 heavy (non-hydrogen) atoms. The van der Waals surface area contributed by atoms with E-state index >= 15 is 0 Å². The first-order valence-corrected chi connectivity index (χ1v) is 13.2. The fraction of sp³-hybridized carbons (Fsp3) is 0.391. The van der Waals surface area contributed by atoms with Crippen molar-refractivity contribution in [2.45, 2.75) is 17.7 Å². The van der Waals surface area contributed by atoms with Crippen LogP contribution < -0.4 is 19.3 Å². The molecule has 2 unspecified atom stereocenters. The molecule has 0 saturated carbocycles. The average molecular weight is 490 g/mol. The Bertz CT molecular complexity index is 1180. The Morgan fingerprint density at radius 3 is 2.42 bits per heavy atom. The molecule has 0 bridgehead atoms. The van der Waals surface area contributed by atoms with E-state index in [4.69, 9.17) is 9.47 Å². The summed E-state index contributed by atoms with van der Waals surface area (Å²) in [5.74, 6) is 0.990. The second-order valence-electron chi connectivity index (χ2n) is 8.24. The first-order chi connectivity index (χ1) is 15.7. The van der Waals surface area contributed by atoms with Crippen molar-refractivity contribution in [2.24, 2.45) is 4.99 Å². The van der Waals surface area contributed by atoms with Gasteiger partial charge < -0.3 is 19.3 Å². The summed E-state index contributed by atoms with van der Waals surface area (Å²) in [6.45, 7) is 0. The maximum atomic E-state index is 12.9. The van der Waals surface area contributed by atoms with Gasteiger partial charge in [0.2, 0.25) is 0 Å². The van der Waals surface area contributed by atoms with Gasteiger partial charge in [-0.05, 0) is 42.0 Å². The van der Waals surface area contributed by atoms with Crippen molar-refractivity contribution < 1.29 is 22.7 Å². The first-order valence-electron chi connectivity index (χ1n) is 10.5. The third-order valence-corrected chi connectivity index (χ3v) is 8.94. The van der Waals surface area contributed by atoms with Gasteiger partial charge in [-0.15, -0.1) is 0 Å². The monoisotopic (exact) mass is 489 g/mol. The Balaban J connectivity index is 1.61. The van der Waals surface area contributed by atoms with Crippen LogP contribution in [0.4, 0.5) is 11.4 Å². The van der Waals surface area contributed by atoms with Crippen molar-refractivity contribution >= 4 is 44.0 Å². The molecule has 2 saturated heterocycles. The summed E-state index contributed by atoms with van der Waals surface area (Å²) in [4.78, 5) is 21.2. The minimum Gasteiger partial charge on any atom is -0.493 e. The number of fused-ring (bicyclic) bond motifs is 1. The molecule has 2 fully saturated rings. The number of sulfone groups is 1. The molecule has 1 amide bonds. The van der Waals surface area contributed by atoms with Crippen LogP contribution in [0.15, 0.2) is 47.5 Å². The molecule has 4 rings (SSSR count). The zero-order valence-electron chi connectivity index (χ0n) is 19.0. The highest BCUT2D eigenvalue weighted by molar-refractivity contribution is 8.16. The third kappa shape index (κ3) is 4.96. The smallest absolute Gasteiger partial charge is 0.252 e. The standard InChI is InChI=1S/C23H27N3O5S2/c1-25(2)16-6-8-17(9-7-16)26-18-13-33(28,29)14-21(18)32-23(26)24-22(27)12-15-5-10-19(30-3)20(11-15)31-4/h5-11,18,21H,12-14H2,1-4H3. The Morgan fingerprint density at radius 2 is 1.79 bits per heavy atom. The number of amidine groups is 1. The number of aliphatic imine (C=N–C) groups is 1. The molecule has 2 atom stereocenters. The van der Waals surface area contributed by atoms with E-state index in [0.29, 0.717) is 16.7 Å². The predicted octanol–water partition coefficient (Wildman–Crippen LogP) is 2.61. The lowest BCUT2D eigenvalue weighted by molar-refractivity contribution is -0.117. The van der Waals surface area contributed by atoms with Crippen molar-refractivity contribution in [1.82, 2.24) is 0 Å². The maximum absolute atomic E-state index is 12.9. The van der Waals surface area contributed by atoms with Crippen LogP contribution in [0.5, 0.6) is 11.5 Å². The number of rotatable bonds is 6. The Morgan fingerprint density at radius 1 is 1.09 bits per heavy atom. The fourth-order valence-electron chi connectivity index (χ4n) is 4.09. The van der Waals surface area contributed by atoms with Gasteiger partial charge in [0.25, 0.3) is 5.91 Å². The Kier molecular flexibility index (Phi) is 6.58. The molecular weight excluding hydrogens is 462 g/mol. The van der Waals surface area contributed by atoms with Crippen molar-refractivity contribution in [3.05, 3.63) is 48.0 Å². The molecule has 0 aliphatic carbocycles. The number of benzene rings is 2. The zero-order valence-corrected chi connectivity index (χ0v) is 20.6. The Hall–Kier alpha value is -2.72. The minimum absolute atomic E-state index is 0.0585. The highest BCUT2D eigenvalue weighted by Crippen LogP contribution is 2.41. The van der Waals surface area contributed by atoms with Crippen LogP contribution in [0.2, 0.25) is 0 Å². The lowest BCUT2D eigenvalue weighted by Crippen LogP contribution is -2.37. The van der Waals surface area contributed by atoms with Crippen molar-refractivity contribution in [3.8, 4) is 11.5 Å². The maximum Gasteiger partial charge on any atom is 0.252 e. The molecule has 0 radical (unpaired) electrons. The Labute approximate surface area is 198 Å². The quantitative estimate of drug-likeness (QED) is 0.612. The van der Waals surface area contributed by atoms with E-state index in [9.17, 15) is 13.2 Å². The van der Waals surface area contributed by atoms with Crippen LogP contribution in [-0.4, -0.2) is 70.6 Å². The van der Waals surface area contributed by atoms with Crippen molar-refractivity contribution in [3.63, 3.8) is 0 Å². The van der Waals surface area contributed by atoms with E-state index < -0.39 is 9.84 Å². The van der Waals surface area contributed by atoms with Crippen molar-refractivity contribution in [1.29, 1.82) is 0 Å². The van der Waals surface area contributed by atoms with Gasteiger partial charge in [-0.2, -0.15) is 4.99 Å².